The van der Waals surface area contributed by atoms with Gasteiger partial charge in [-0.15, -0.1) is 0 Å². The summed E-state index contributed by atoms with van der Waals surface area (Å²) in [7, 11) is 3.13. The first kappa shape index (κ1) is 27.0. The highest BCUT2D eigenvalue weighted by molar-refractivity contribution is 6.24. The minimum Gasteiger partial charge on any atom is -0.510 e. The fourth-order valence-electron chi connectivity index (χ4n) is 6.26. The largest absolute Gasteiger partial charge is 0.510 e. The lowest BCUT2D eigenvalue weighted by atomic mass is 9.58. The van der Waals surface area contributed by atoms with Gasteiger partial charge in [0.1, 0.15) is 22.8 Å². The molecular weight excluding hydrogens is 520 g/mol. The lowest BCUT2D eigenvalue weighted by Gasteiger charge is -2.50. The van der Waals surface area contributed by atoms with Crippen molar-refractivity contribution in [3.05, 3.63) is 81.6 Å². The van der Waals surface area contributed by atoms with E-state index in [1.807, 2.05) is 0 Å². The minimum atomic E-state index is -2.70. The molecular formula is C28H28N4O8. The molecule has 0 aliphatic heterocycles. The standard InChI is InChI=1S/C28H28N4O8/c1-32(2)21-16-9-14-8-15-12(11-31-27(39)13-4-3-7-30-10-13)5-6-17(33)19(15)22(34)18(14)24(36)28(16,40)25(37)20(23(21)35)26(29)38/h3-7,10,14,16,21,33,35-36,40H,8-9,11H2,1-2H3,(H2,29,38)(H,31,39). The fourth-order valence-corrected chi connectivity index (χ4v) is 6.26. The third-order valence-corrected chi connectivity index (χ3v) is 8.07. The number of benzene rings is 1. The minimum absolute atomic E-state index is 0.0249. The summed E-state index contributed by atoms with van der Waals surface area (Å²) < 4.78 is 0. The molecule has 4 atom stereocenters. The maximum absolute atomic E-state index is 13.8. The molecule has 12 heteroatoms. The molecule has 0 radical (unpaired) electrons. The summed E-state index contributed by atoms with van der Waals surface area (Å²) in [5.74, 6) is -7.51. The molecule has 0 spiro atoms. The van der Waals surface area contributed by atoms with Gasteiger partial charge >= 0.3 is 0 Å². The zero-order valence-corrected chi connectivity index (χ0v) is 21.7. The molecule has 5 rings (SSSR count). The molecule has 208 valence electrons. The first-order chi connectivity index (χ1) is 18.9. The molecule has 3 aliphatic carbocycles. The van der Waals surface area contributed by atoms with Gasteiger partial charge in [-0.1, -0.05) is 6.07 Å². The van der Waals surface area contributed by atoms with E-state index in [9.17, 15) is 39.6 Å². The van der Waals surface area contributed by atoms with Crippen LogP contribution in [0, 0.1) is 11.8 Å². The first-order valence-corrected chi connectivity index (χ1v) is 12.6. The fraction of sp³-hybridized carbons (Fsp3) is 0.321. The molecule has 2 amide bonds. The first-order valence-electron chi connectivity index (χ1n) is 12.6. The molecule has 3 aliphatic rings. The molecule has 4 unspecified atom stereocenters. The number of ketones is 2. The molecule has 40 heavy (non-hydrogen) atoms. The van der Waals surface area contributed by atoms with E-state index >= 15 is 0 Å². The number of aromatic hydroxyl groups is 1. The van der Waals surface area contributed by atoms with Crippen LogP contribution in [0.4, 0.5) is 0 Å². The lowest BCUT2D eigenvalue weighted by molar-refractivity contribution is -0.148. The summed E-state index contributed by atoms with van der Waals surface area (Å²) >= 11 is 0. The average molecular weight is 549 g/mol. The maximum atomic E-state index is 13.8. The number of carbonyl (C=O) groups is 4. The van der Waals surface area contributed by atoms with Crippen molar-refractivity contribution in [2.24, 2.45) is 17.6 Å². The van der Waals surface area contributed by atoms with Gasteiger partial charge in [0.05, 0.1) is 17.2 Å². The van der Waals surface area contributed by atoms with Crippen molar-refractivity contribution in [3.63, 3.8) is 0 Å². The normalized spacial score (nSPS) is 25.9. The summed E-state index contributed by atoms with van der Waals surface area (Å²) in [6, 6.07) is 5.02. The van der Waals surface area contributed by atoms with Crippen molar-refractivity contribution in [2.75, 3.05) is 14.1 Å². The van der Waals surface area contributed by atoms with E-state index < -0.39 is 58.0 Å². The maximum Gasteiger partial charge on any atom is 0.255 e. The Hall–Kier alpha value is -4.55. The number of fused-ring (bicyclic) bond motifs is 3. The quantitative estimate of drug-likeness (QED) is 0.285. The van der Waals surface area contributed by atoms with Gasteiger partial charge in [0.15, 0.2) is 11.4 Å². The Morgan fingerprint density at radius 3 is 2.52 bits per heavy atom. The van der Waals surface area contributed by atoms with Gasteiger partial charge in [-0.05, 0) is 62.2 Å². The molecule has 12 nitrogen and oxygen atoms in total. The average Bonchev–Trinajstić information content (AvgIpc) is 2.90. The number of allylic oxidation sites excluding steroid dienone is 1. The number of hydrogen-bond acceptors (Lipinski definition) is 10. The van der Waals surface area contributed by atoms with Crippen LogP contribution >= 0.6 is 0 Å². The van der Waals surface area contributed by atoms with Gasteiger partial charge in [0.25, 0.3) is 11.8 Å². The lowest BCUT2D eigenvalue weighted by Crippen LogP contribution is -2.63. The molecule has 1 heterocycles. The van der Waals surface area contributed by atoms with Gasteiger partial charge in [-0.3, -0.25) is 29.1 Å². The number of nitrogens with zero attached hydrogens (tertiary/aromatic N) is 2. The summed E-state index contributed by atoms with van der Waals surface area (Å²) in [4.78, 5) is 57.2. The van der Waals surface area contributed by atoms with Gasteiger partial charge in [-0.2, -0.15) is 0 Å². The Morgan fingerprint density at radius 2 is 1.90 bits per heavy atom. The van der Waals surface area contributed by atoms with Crippen LogP contribution in [0.1, 0.15) is 38.3 Å². The number of likely N-dealkylation sites (N-methyl/N-ethyl adjacent to an activating group) is 1. The molecule has 0 saturated heterocycles. The van der Waals surface area contributed by atoms with E-state index in [-0.39, 0.29) is 42.2 Å². The number of primary amides is 1. The number of nitrogens with one attached hydrogen (secondary N) is 1. The van der Waals surface area contributed by atoms with Crippen LogP contribution in [-0.2, 0) is 22.6 Å². The van der Waals surface area contributed by atoms with E-state index in [1.54, 1.807) is 32.3 Å². The number of rotatable bonds is 5. The van der Waals surface area contributed by atoms with Crippen LogP contribution in [0.25, 0.3) is 0 Å². The number of aliphatic hydroxyl groups is 3. The third kappa shape index (κ3) is 3.87. The predicted molar refractivity (Wildman–Crippen MR) is 139 cm³/mol. The monoisotopic (exact) mass is 548 g/mol. The molecule has 0 bridgehead atoms. The smallest absolute Gasteiger partial charge is 0.255 e. The number of amides is 2. The molecule has 1 aromatic heterocycles. The number of phenolic OH excluding ortho intramolecular Hbond substituents is 1. The molecule has 1 aromatic carbocycles. The SMILES string of the molecule is CN(C)C1C(O)=C(C(N)=O)C(=O)C2(O)C(O)=C3C(=O)c4c(O)ccc(CNC(=O)c5cccnc5)c4CC3CC12. The number of carbonyl (C=O) groups excluding carboxylic acids is 4. The summed E-state index contributed by atoms with van der Waals surface area (Å²) in [5.41, 5.74) is 2.77. The van der Waals surface area contributed by atoms with Crippen LogP contribution in [0.15, 0.2) is 59.3 Å². The third-order valence-electron chi connectivity index (χ3n) is 8.07. The van der Waals surface area contributed by atoms with E-state index in [4.69, 9.17) is 5.73 Å². The number of nitrogens with two attached hydrogens (primary N) is 1. The van der Waals surface area contributed by atoms with E-state index in [1.165, 1.54) is 23.4 Å². The van der Waals surface area contributed by atoms with E-state index in [0.29, 0.717) is 16.7 Å². The van der Waals surface area contributed by atoms with Crippen molar-refractivity contribution in [1.29, 1.82) is 0 Å². The van der Waals surface area contributed by atoms with Gasteiger partial charge in [-0.25, -0.2) is 0 Å². The Labute approximate surface area is 228 Å². The second-order valence-corrected chi connectivity index (χ2v) is 10.5. The van der Waals surface area contributed by atoms with Crippen molar-refractivity contribution < 1.29 is 39.6 Å². The number of phenols is 1. The highest BCUT2D eigenvalue weighted by atomic mass is 16.3. The zero-order valence-electron chi connectivity index (χ0n) is 21.7. The van der Waals surface area contributed by atoms with Crippen molar-refractivity contribution in [2.45, 2.75) is 31.0 Å². The number of Topliss-reactive ketones (excluding diaryl/α,β-unsaturated/α-hetero) is 2. The Kier molecular flexibility index (Phi) is 6.47. The van der Waals surface area contributed by atoms with E-state index in [0.717, 1.165) is 0 Å². The zero-order chi connectivity index (χ0) is 29.1. The molecule has 7 N–H and O–H groups in total. The summed E-state index contributed by atoms with van der Waals surface area (Å²) in [6.07, 6.45) is 3.05. The highest BCUT2D eigenvalue weighted by Gasteiger charge is 2.63. The van der Waals surface area contributed by atoms with Crippen LogP contribution in [0.2, 0.25) is 0 Å². The highest BCUT2D eigenvalue weighted by Crippen LogP contribution is 2.52. The van der Waals surface area contributed by atoms with Gasteiger partial charge < -0.3 is 31.5 Å². The van der Waals surface area contributed by atoms with Crippen LogP contribution < -0.4 is 11.1 Å². The molecule has 0 saturated carbocycles. The molecule has 2 aromatic rings. The van der Waals surface area contributed by atoms with Crippen molar-refractivity contribution in [1.82, 2.24) is 15.2 Å². The Bertz CT molecular complexity index is 1530. The summed E-state index contributed by atoms with van der Waals surface area (Å²) in [6.45, 7) is 0.0268. The number of pyridine rings is 1. The Balaban J connectivity index is 1.58. The molecule has 0 fully saturated rings. The second kappa shape index (κ2) is 9.57. The van der Waals surface area contributed by atoms with Crippen molar-refractivity contribution >= 4 is 23.4 Å². The Morgan fingerprint density at radius 1 is 1.18 bits per heavy atom. The second-order valence-electron chi connectivity index (χ2n) is 10.5. The number of hydrogen-bond donors (Lipinski definition) is 6. The van der Waals surface area contributed by atoms with Gasteiger partial charge in [0, 0.05) is 30.4 Å². The van der Waals surface area contributed by atoms with Crippen molar-refractivity contribution in [3.8, 4) is 5.75 Å². The predicted octanol–water partition coefficient (Wildman–Crippen LogP) is 0.446. The van der Waals surface area contributed by atoms with E-state index in [2.05, 4.69) is 10.3 Å². The summed E-state index contributed by atoms with van der Waals surface area (Å²) in [5, 5.41) is 47.3. The number of aliphatic hydroxyl groups excluding tert-OH is 2. The van der Waals surface area contributed by atoms with Crippen LogP contribution in [0.5, 0.6) is 5.75 Å². The van der Waals surface area contributed by atoms with Crippen LogP contribution in [0.3, 0.4) is 0 Å². The number of aromatic nitrogens is 1. The topological polar surface area (TPSA) is 203 Å². The van der Waals surface area contributed by atoms with Gasteiger partial charge in [0.2, 0.25) is 5.78 Å². The van der Waals surface area contributed by atoms with Crippen LogP contribution in [-0.4, -0.2) is 79.4 Å².